The molecule has 0 heterocycles. The van der Waals surface area contributed by atoms with Gasteiger partial charge in [-0.3, -0.25) is 0 Å². The molecule has 0 saturated carbocycles. The van der Waals surface area contributed by atoms with E-state index in [2.05, 4.69) is 0 Å². The number of halogens is 2. The van der Waals surface area contributed by atoms with Crippen molar-refractivity contribution in [1.82, 2.24) is 0 Å². The summed E-state index contributed by atoms with van der Waals surface area (Å²) in [5, 5.41) is 9.14. The maximum Gasteiger partial charge on any atom is 0.123 e. The van der Waals surface area contributed by atoms with Crippen LogP contribution in [0.1, 0.15) is 16.7 Å². The molecule has 0 fully saturated rings. The summed E-state index contributed by atoms with van der Waals surface area (Å²) in [7, 11) is 0. The van der Waals surface area contributed by atoms with Gasteiger partial charge in [0.1, 0.15) is 11.6 Å². The normalized spacial score (nSPS) is 11.1. The molecule has 2 rings (SSSR count). The number of rotatable bonds is 3. The lowest BCUT2D eigenvalue weighted by Gasteiger charge is -2.02. The lowest BCUT2D eigenvalue weighted by atomic mass is 10.1. The zero-order chi connectivity index (χ0) is 13.0. The second kappa shape index (κ2) is 5.56. The highest BCUT2D eigenvalue weighted by atomic mass is 19.1. The van der Waals surface area contributed by atoms with E-state index in [9.17, 15) is 8.78 Å². The average molecular weight is 246 g/mol. The van der Waals surface area contributed by atoms with Crippen LogP contribution in [-0.4, -0.2) is 5.11 Å². The van der Waals surface area contributed by atoms with Gasteiger partial charge in [0, 0.05) is 0 Å². The van der Waals surface area contributed by atoms with Crippen molar-refractivity contribution in [1.29, 1.82) is 0 Å². The van der Waals surface area contributed by atoms with Crippen molar-refractivity contribution >= 4 is 12.2 Å². The fraction of sp³-hybridized carbons (Fsp3) is 0.0667. The Bertz CT molecular complexity index is 559. The number of hydrogen-bond donors (Lipinski definition) is 1. The third-order valence-electron chi connectivity index (χ3n) is 2.60. The summed E-state index contributed by atoms with van der Waals surface area (Å²) in [6.07, 6.45) is 3.44. The molecule has 0 aromatic heterocycles. The fourth-order valence-electron chi connectivity index (χ4n) is 1.62. The van der Waals surface area contributed by atoms with Gasteiger partial charge in [-0.1, -0.05) is 30.4 Å². The summed E-state index contributed by atoms with van der Waals surface area (Å²) < 4.78 is 25.8. The Balaban J connectivity index is 2.27. The van der Waals surface area contributed by atoms with Gasteiger partial charge >= 0.3 is 0 Å². The summed E-state index contributed by atoms with van der Waals surface area (Å²) in [6.45, 7) is -0.149. The minimum Gasteiger partial charge on any atom is -0.392 e. The topological polar surface area (TPSA) is 20.2 Å². The Hall–Kier alpha value is -2.00. The molecule has 1 nitrogen and oxygen atoms in total. The molecule has 0 spiro atoms. The molecule has 0 bridgehead atoms. The first kappa shape index (κ1) is 12.5. The SMILES string of the molecule is OCc1ccc(F)cc1C=Cc1ccc(F)cc1. The van der Waals surface area contributed by atoms with E-state index in [0.717, 1.165) is 5.56 Å². The van der Waals surface area contributed by atoms with Gasteiger partial charge in [0.15, 0.2) is 0 Å². The largest absolute Gasteiger partial charge is 0.392 e. The summed E-state index contributed by atoms with van der Waals surface area (Å²) in [4.78, 5) is 0. The number of benzene rings is 2. The Morgan fingerprint density at radius 3 is 2.22 bits per heavy atom. The maximum absolute atomic E-state index is 13.1. The Morgan fingerprint density at radius 2 is 1.56 bits per heavy atom. The highest BCUT2D eigenvalue weighted by molar-refractivity contribution is 5.71. The molecule has 2 aromatic rings. The molecule has 0 amide bonds. The van der Waals surface area contributed by atoms with Crippen LogP contribution in [0.5, 0.6) is 0 Å². The smallest absolute Gasteiger partial charge is 0.123 e. The maximum atomic E-state index is 13.1. The Kier molecular flexibility index (Phi) is 3.85. The van der Waals surface area contributed by atoms with Crippen LogP contribution in [-0.2, 0) is 6.61 Å². The van der Waals surface area contributed by atoms with Crippen molar-refractivity contribution < 1.29 is 13.9 Å². The van der Waals surface area contributed by atoms with Crippen LogP contribution < -0.4 is 0 Å². The lowest BCUT2D eigenvalue weighted by Crippen LogP contribution is -1.89. The van der Waals surface area contributed by atoms with E-state index in [-0.39, 0.29) is 18.2 Å². The van der Waals surface area contributed by atoms with E-state index in [1.807, 2.05) is 0 Å². The molecule has 1 N–H and O–H groups in total. The van der Waals surface area contributed by atoms with Crippen LogP contribution in [0.4, 0.5) is 8.78 Å². The summed E-state index contributed by atoms with van der Waals surface area (Å²) in [5.41, 5.74) is 2.07. The Labute approximate surface area is 104 Å². The molecule has 0 aliphatic carbocycles. The molecule has 0 saturated heterocycles. The third kappa shape index (κ3) is 3.02. The first-order valence-corrected chi connectivity index (χ1v) is 5.52. The quantitative estimate of drug-likeness (QED) is 0.820. The van der Waals surface area contributed by atoms with Crippen LogP contribution in [0.3, 0.4) is 0 Å². The third-order valence-corrected chi connectivity index (χ3v) is 2.60. The number of hydrogen-bond acceptors (Lipinski definition) is 1. The highest BCUT2D eigenvalue weighted by Crippen LogP contribution is 2.15. The molecule has 0 aliphatic heterocycles. The van der Waals surface area contributed by atoms with E-state index >= 15 is 0 Å². The second-order valence-electron chi connectivity index (χ2n) is 3.89. The second-order valence-corrected chi connectivity index (χ2v) is 3.89. The van der Waals surface area contributed by atoms with Crippen LogP contribution in [0.2, 0.25) is 0 Å². The zero-order valence-corrected chi connectivity index (χ0v) is 9.61. The van der Waals surface area contributed by atoms with E-state index < -0.39 is 0 Å². The van der Waals surface area contributed by atoms with Crippen molar-refractivity contribution in [3.63, 3.8) is 0 Å². The molecule has 0 radical (unpaired) electrons. The summed E-state index contributed by atoms with van der Waals surface area (Å²) in [6, 6.07) is 10.2. The average Bonchev–Trinajstić information content (AvgIpc) is 2.38. The molecule has 18 heavy (non-hydrogen) atoms. The van der Waals surface area contributed by atoms with Gasteiger partial charge in [0.05, 0.1) is 6.61 Å². The van der Waals surface area contributed by atoms with Gasteiger partial charge in [-0.05, 0) is 41.0 Å². The highest BCUT2D eigenvalue weighted by Gasteiger charge is 2.00. The number of aliphatic hydroxyl groups is 1. The van der Waals surface area contributed by atoms with E-state index in [0.29, 0.717) is 11.1 Å². The Morgan fingerprint density at radius 1 is 0.889 bits per heavy atom. The molecule has 92 valence electrons. The van der Waals surface area contributed by atoms with Gasteiger partial charge < -0.3 is 5.11 Å². The van der Waals surface area contributed by atoms with Gasteiger partial charge in [0.2, 0.25) is 0 Å². The van der Waals surface area contributed by atoms with E-state index in [1.54, 1.807) is 30.4 Å². The van der Waals surface area contributed by atoms with Gasteiger partial charge in [0.25, 0.3) is 0 Å². The number of aliphatic hydroxyl groups excluding tert-OH is 1. The monoisotopic (exact) mass is 246 g/mol. The van der Waals surface area contributed by atoms with Crippen LogP contribution in [0.25, 0.3) is 12.2 Å². The minimum atomic E-state index is -0.356. The first-order chi connectivity index (χ1) is 8.69. The lowest BCUT2D eigenvalue weighted by molar-refractivity contribution is 0.281. The van der Waals surface area contributed by atoms with Crippen LogP contribution in [0, 0.1) is 11.6 Å². The summed E-state index contributed by atoms with van der Waals surface area (Å²) >= 11 is 0. The predicted molar refractivity (Wildman–Crippen MR) is 67.7 cm³/mol. The first-order valence-electron chi connectivity index (χ1n) is 5.52. The van der Waals surface area contributed by atoms with Crippen LogP contribution >= 0.6 is 0 Å². The van der Waals surface area contributed by atoms with Crippen LogP contribution in [0.15, 0.2) is 42.5 Å². The zero-order valence-electron chi connectivity index (χ0n) is 9.61. The molecule has 2 aromatic carbocycles. The predicted octanol–water partition coefficient (Wildman–Crippen LogP) is 3.63. The molecular formula is C15H12F2O. The van der Waals surface area contributed by atoms with E-state index in [1.165, 1.54) is 24.3 Å². The molecule has 0 aliphatic rings. The minimum absolute atomic E-state index is 0.149. The fourth-order valence-corrected chi connectivity index (χ4v) is 1.62. The van der Waals surface area contributed by atoms with Crippen molar-refractivity contribution in [2.75, 3.05) is 0 Å². The van der Waals surface area contributed by atoms with Crippen molar-refractivity contribution in [2.24, 2.45) is 0 Å². The van der Waals surface area contributed by atoms with Gasteiger partial charge in [-0.15, -0.1) is 0 Å². The molecule has 0 atom stereocenters. The van der Waals surface area contributed by atoms with Crippen molar-refractivity contribution in [3.05, 3.63) is 70.8 Å². The molecular weight excluding hydrogens is 234 g/mol. The summed E-state index contributed by atoms with van der Waals surface area (Å²) in [5.74, 6) is -0.653. The molecule has 3 heteroatoms. The van der Waals surface area contributed by atoms with Gasteiger partial charge in [-0.2, -0.15) is 0 Å². The van der Waals surface area contributed by atoms with Crippen molar-refractivity contribution in [2.45, 2.75) is 6.61 Å². The van der Waals surface area contributed by atoms with Gasteiger partial charge in [-0.25, -0.2) is 8.78 Å². The van der Waals surface area contributed by atoms with Crippen molar-refractivity contribution in [3.8, 4) is 0 Å². The van der Waals surface area contributed by atoms with E-state index in [4.69, 9.17) is 5.11 Å². The molecule has 0 unspecified atom stereocenters. The standard InChI is InChI=1S/C15H12F2O/c16-14-6-2-11(3-7-14)1-4-12-9-15(17)8-5-13(12)10-18/h1-9,18H,10H2.